The maximum absolute atomic E-state index is 10.6. The topological polar surface area (TPSA) is 81.2 Å². The highest BCUT2D eigenvalue weighted by atomic mass is 16.6. The van der Waals surface area contributed by atoms with E-state index >= 15 is 0 Å². The summed E-state index contributed by atoms with van der Waals surface area (Å²) < 4.78 is 1.34. The van der Waals surface area contributed by atoms with Gasteiger partial charge in [-0.15, -0.1) is 12.3 Å². The molecule has 6 heteroatoms. The fourth-order valence-electron chi connectivity index (χ4n) is 1.24. The molecule has 0 spiro atoms. The van der Waals surface area contributed by atoms with Crippen molar-refractivity contribution in [2.45, 2.75) is 26.0 Å². The number of hydrogen-bond donors (Lipinski definition) is 1. The van der Waals surface area contributed by atoms with Crippen molar-refractivity contribution in [2.24, 2.45) is 0 Å². The van der Waals surface area contributed by atoms with E-state index in [4.69, 9.17) is 6.42 Å². The fraction of sp³-hybridized carbons (Fsp3) is 0.444. The van der Waals surface area contributed by atoms with Crippen molar-refractivity contribution < 1.29 is 10.0 Å². The lowest BCUT2D eigenvalue weighted by Crippen LogP contribution is -2.17. The number of imidazole rings is 1. The van der Waals surface area contributed by atoms with Gasteiger partial charge in [0.15, 0.2) is 5.82 Å². The molecular formula is C9H11N3O3. The largest absolute Gasteiger partial charge is 0.388 e. The number of rotatable bonds is 4. The molecule has 0 bridgehead atoms. The number of aliphatic hydroxyl groups excluding tert-OH is 1. The van der Waals surface area contributed by atoms with Crippen molar-refractivity contribution in [3.05, 3.63) is 22.1 Å². The lowest BCUT2D eigenvalue weighted by atomic mass is 10.2. The van der Waals surface area contributed by atoms with Gasteiger partial charge in [-0.1, -0.05) is 0 Å². The van der Waals surface area contributed by atoms with Crippen molar-refractivity contribution in [2.75, 3.05) is 0 Å². The molecule has 1 unspecified atom stereocenters. The van der Waals surface area contributed by atoms with Crippen LogP contribution in [0.3, 0.4) is 0 Å². The quantitative estimate of drug-likeness (QED) is 0.444. The molecule has 1 N–H and O–H groups in total. The Hall–Kier alpha value is -1.87. The predicted octanol–water partition coefficient (Wildman–Crippen LogP) is 0.484. The van der Waals surface area contributed by atoms with Crippen LogP contribution in [0.2, 0.25) is 0 Å². The minimum absolute atomic E-state index is 0.0896. The van der Waals surface area contributed by atoms with Crippen LogP contribution in [0.25, 0.3) is 0 Å². The summed E-state index contributed by atoms with van der Waals surface area (Å²) in [5, 5.41) is 20.0. The van der Waals surface area contributed by atoms with Crippen molar-refractivity contribution in [3.63, 3.8) is 0 Å². The number of hydrogen-bond acceptors (Lipinski definition) is 4. The second kappa shape index (κ2) is 4.57. The number of aliphatic hydroxyl groups is 1. The Balaban J connectivity index is 2.88. The number of nitrogens with zero attached hydrogens (tertiary/aromatic N) is 3. The van der Waals surface area contributed by atoms with E-state index in [1.165, 1.54) is 4.57 Å². The number of aromatic nitrogens is 2. The van der Waals surface area contributed by atoms with E-state index in [0.29, 0.717) is 5.82 Å². The number of aryl methyl sites for hydroxylation is 1. The first-order chi connectivity index (χ1) is 7.06. The Morgan fingerprint density at radius 3 is 3.07 bits per heavy atom. The molecule has 15 heavy (non-hydrogen) atoms. The zero-order valence-corrected chi connectivity index (χ0v) is 8.25. The summed E-state index contributed by atoms with van der Waals surface area (Å²) in [6.45, 7) is 1.72. The Kier molecular flexibility index (Phi) is 3.42. The molecule has 0 amide bonds. The molecule has 1 rings (SSSR count). The highest BCUT2D eigenvalue weighted by Gasteiger charge is 2.19. The molecule has 1 atom stereocenters. The van der Waals surface area contributed by atoms with Crippen molar-refractivity contribution in [3.8, 4) is 12.3 Å². The third-order valence-corrected chi connectivity index (χ3v) is 1.97. The van der Waals surface area contributed by atoms with Crippen molar-refractivity contribution in [1.82, 2.24) is 9.55 Å². The highest BCUT2D eigenvalue weighted by Crippen LogP contribution is 2.14. The van der Waals surface area contributed by atoms with Crippen LogP contribution in [-0.4, -0.2) is 25.7 Å². The van der Waals surface area contributed by atoms with E-state index in [1.807, 2.05) is 0 Å². The van der Waals surface area contributed by atoms with Gasteiger partial charge in [0.05, 0.1) is 0 Å². The summed E-state index contributed by atoms with van der Waals surface area (Å²) in [5.74, 6) is 2.64. The molecule has 0 saturated carbocycles. The average molecular weight is 209 g/mol. The van der Waals surface area contributed by atoms with Gasteiger partial charge >= 0.3 is 5.82 Å². The number of terminal acetylenes is 1. The van der Waals surface area contributed by atoms with Gasteiger partial charge in [0, 0.05) is 13.3 Å². The molecule has 0 radical (unpaired) electrons. The van der Waals surface area contributed by atoms with E-state index < -0.39 is 11.0 Å². The smallest absolute Gasteiger partial charge is 0.342 e. The van der Waals surface area contributed by atoms with Gasteiger partial charge in [-0.2, -0.15) is 0 Å². The van der Waals surface area contributed by atoms with Crippen molar-refractivity contribution in [1.29, 1.82) is 0 Å². The first-order valence-corrected chi connectivity index (χ1v) is 4.34. The molecule has 0 aliphatic heterocycles. The fourth-order valence-corrected chi connectivity index (χ4v) is 1.24. The normalized spacial score (nSPS) is 12.1. The van der Waals surface area contributed by atoms with E-state index in [2.05, 4.69) is 10.9 Å². The molecule has 1 heterocycles. The molecule has 0 aliphatic rings. The SMILES string of the molecule is C#CCC(O)Cn1c([N+](=O)[O-])cnc1C. The molecule has 0 aliphatic carbocycles. The van der Waals surface area contributed by atoms with Crippen LogP contribution in [0, 0.1) is 29.4 Å². The first-order valence-electron chi connectivity index (χ1n) is 4.34. The molecule has 0 fully saturated rings. The molecule has 80 valence electrons. The lowest BCUT2D eigenvalue weighted by molar-refractivity contribution is -0.392. The number of nitro groups is 1. The summed E-state index contributed by atoms with van der Waals surface area (Å²) in [5.41, 5.74) is 0. The Morgan fingerprint density at radius 1 is 1.87 bits per heavy atom. The average Bonchev–Trinajstić information content (AvgIpc) is 2.48. The Labute approximate surface area is 86.7 Å². The summed E-state index contributed by atoms with van der Waals surface area (Å²) >= 11 is 0. The van der Waals surface area contributed by atoms with E-state index in [0.717, 1.165) is 6.20 Å². The molecule has 1 aromatic heterocycles. The molecule has 1 aromatic rings. The minimum atomic E-state index is -0.790. The monoisotopic (exact) mass is 209 g/mol. The summed E-state index contributed by atoms with van der Waals surface area (Å²) in [6.07, 6.45) is 5.56. The van der Waals surface area contributed by atoms with Crippen LogP contribution >= 0.6 is 0 Å². The zero-order chi connectivity index (χ0) is 11.4. The van der Waals surface area contributed by atoms with E-state index in [-0.39, 0.29) is 18.8 Å². The molecule has 0 saturated heterocycles. The second-order valence-electron chi connectivity index (χ2n) is 3.09. The summed E-state index contributed by atoms with van der Waals surface area (Å²) in [4.78, 5) is 13.9. The molecular weight excluding hydrogens is 198 g/mol. The van der Waals surface area contributed by atoms with Gasteiger partial charge < -0.3 is 15.2 Å². The van der Waals surface area contributed by atoms with Gasteiger partial charge in [0.2, 0.25) is 0 Å². The third kappa shape index (κ3) is 2.54. The van der Waals surface area contributed by atoms with Crippen LogP contribution in [0.15, 0.2) is 6.20 Å². The first kappa shape index (κ1) is 11.2. The second-order valence-corrected chi connectivity index (χ2v) is 3.09. The maximum atomic E-state index is 10.6. The van der Waals surface area contributed by atoms with Crippen LogP contribution < -0.4 is 0 Å². The third-order valence-electron chi connectivity index (χ3n) is 1.97. The van der Waals surface area contributed by atoms with Crippen molar-refractivity contribution >= 4 is 5.82 Å². The van der Waals surface area contributed by atoms with Gasteiger partial charge in [0.1, 0.15) is 18.8 Å². The van der Waals surface area contributed by atoms with Crippen LogP contribution in [0.1, 0.15) is 12.2 Å². The predicted molar refractivity (Wildman–Crippen MR) is 53.1 cm³/mol. The van der Waals surface area contributed by atoms with Crippen LogP contribution in [0.4, 0.5) is 5.82 Å². The lowest BCUT2D eigenvalue weighted by Gasteiger charge is -2.06. The van der Waals surface area contributed by atoms with Gasteiger partial charge in [-0.25, -0.2) is 9.55 Å². The van der Waals surface area contributed by atoms with E-state index in [1.54, 1.807) is 6.92 Å². The maximum Gasteiger partial charge on any atom is 0.342 e. The van der Waals surface area contributed by atoms with Crippen LogP contribution in [0.5, 0.6) is 0 Å². The zero-order valence-electron chi connectivity index (χ0n) is 8.25. The standard InChI is InChI=1S/C9H11N3O3/c1-3-4-8(13)6-11-7(2)10-5-9(11)12(14)15/h1,5,8,13H,4,6H2,2H3. The Bertz CT molecular complexity index is 405. The summed E-state index contributed by atoms with van der Waals surface area (Å²) in [6, 6.07) is 0. The summed E-state index contributed by atoms with van der Waals surface area (Å²) in [7, 11) is 0. The van der Waals surface area contributed by atoms with Crippen LogP contribution in [-0.2, 0) is 6.54 Å². The van der Waals surface area contributed by atoms with Gasteiger partial charge in [-0.3, -0.25) is 0 Å². The molecule has 6 nitrogen and oxygen atoms in total. The molecule has 0 aromatic carbocycles. The minimum Gasteiger partial charge on any atom is -0.388 e. The highest BCUT2D eigenvalue weighted by molar-refractivity contribution is 5.18. The Morgan fingerprint density at radius 2 is 2.53 bits per heavy atom. The van der Waals surface area contributed by atoms with Gasteiger partial charge in [-0.05, 0) is 4.92 Å². The van der Waals surface area contributed by atoms with Gasteiger partial charge in [0.25, 0.3) is 0 Å². The van der Waals surface area contributed by atoms with E-state index in [9.17, 15) is 15.2 Å².